The Balaban J connectivity index is 0.00000312. The quantitative estimate of drug-likeness (QED) is 0.676. The monoisotopic (exact) mass is 368 g/mol. The number of carbonyl (C=O) groups is 1. The summed E-state index contributed by atoms with van der Waals surface area (Å²) >= 11 is 0. The van der Waals surface area contributed by atoms with Gasteiger partial charge in [-0.3, -0.25) is 19.5 Å². The third kappa shape index (κ3) is 5.44. The highest BCUT2D eigenvalue weighted by molar-refractivity contribution is 5.85. The van der Waals surface area contributed by atoms with Crippen molar-refractivity contribution >= 4 is 29.1 Å². The predicted octanol–water partition coefficient (Wildman–Crippen LogP) is 0.991. The summed E-state index contributed by atoms with van der Waals surface area (Å²) in [6, 6.07) is 6.54. The number of carbonyl (C=O) groups excluding carboxylic acids is 1. The van der Waals surface area contributed by atoms with Gasteiger partial charge in [0.05, 0.1) is 17.3 Å². The molecule has 2 rings (SSSR count). The topological polar surface area (TPSA) is 110 Å². The van der Waals surface area contributed by atoms with Gasteiger partial charge in [-0.2, -0.15) is 0 Å². The van der Waals surface area contributed by atoms with Crippen LogP contribution in [-0.4, -0.2) is 28.3 Å². The van der Waals surface area contributed by atoms with Gasteiger partial charge in [0.25, 0.3) is 11.1 Å². The summed E-state index contributed by atoms with van der Waals surface area (Å²) in [5, 5.41) is 6.08. The van der Waals surface area contributed by atoms with E-state index in [4.69, 9.17) is 5.73 Å². The lowest BCUT2D eigenvalue weighted by molar-refractivity contribution is -0.122. The van der Waals surface area contributed by atoms with Gasteiger partial charge in [0.2, 0.25) is 5.91 Å². The molecule has 25 heavy (non-hydrogen) atoms. The molecule has 0 saturated carbocycles. The molecule has 1 unspecified atom stereocenters. The number of hydrogen-bond donors (Lipinski definition) is 3. The number of aromatic nitrogens is 2. The molecule has 0 fully saturated rings. The van der Waals surface area contributed by atoms with Crippen molar-refractivity contribution in [2.75, 3.05) is 6.54 Å². The fraction of sp³-hybridized carbons (Fsp3) is 0.471. The second-order valence-electron chi connectivity index (χ2n) is 6.32. The molecule has 4 N–H and O–H groups in total. The van der Waals surface area contributed by atoms with E-state index in [1.54, 1.807) is 24.3 Å². The minimum absolute atomic E-state index is 0. The molecule has 1 atom stereocenters. The fourth-order valence-corrected chi connectivity index (χ4v) is 2.70. The zero-order valence-electron chi connectivity index (χ0n) is 14.5. The summed E-state index contributed by atoms with van der Waals surface area (Å²) < 4.78 is 1.18. The molecule has 1 aromatic heterocycles. The van der Waals surface area contributed by atoms with E-state index in [9.17, 15) is 14.4 Å². The van der Waals surface area contributed by atoms with E-state index in [0.29, 0.717) is 23.2 Å². The SMILES string of the molecule is CC(C)CC(CN)NC(=O)CCn1[nH]c(=O)c2ccccc2c1=O.Cl. The number of hydrogen-bond acceptors (Lipinski definition) is 4. The van der Waals surface area contributed by atoms with Crippen molar-refractivity contribution in [2.24, 2.45) is 11.7 Å². The zero-order valence-corrected chi connectivity index (χ0v) is 15.3. The van der Waals surface area contributed by atoms with Crippen LogP contribution in [-0.2, 0) is 11.3 Å². The third-order valence-electron chi connectivity index (χ3n) is 3.85. The van der Waals surface area contributed by atoms with Gasteiger partial charge in [0.15, 0.2) is 0 Å². The van der Waals surface area contributed by atoms with Crippen LogP contribution >= 0.6 is 12.4 Å². The molecule has 0 aliphatic carbocycles. The first-order chi connectivity index (χ1) is 11.4. The zero-order chi connectivity index (χ0) is 17.7. The maximum absolute atomic E-state index is 12.4. The van der Waals surface area contributed by atoms with E-state index >= 15 is 0 Å². The minimum Gasteiger partial charge on any atom is -0.352 e. The highest BCUT2D eigenvalue weighted by Crippen LogP contribution is 2.04. The molecule has 0 bridgehead atoms. The van der Waals surface area contributed by atoms with Crippen LogP contribution in [0.15, 0.2) is 33.9 Å². The molecular formula is C17H25ClN4O3. The molecule has 2 aromatic rings. The Hall–Kier alpha value is -2.12. The highest BCUT2D eigenvalue weighted by atomic mass is 35.5. The molecule has 1 aromatic carbocycles. The number of benzene rings is 1. The van der Waals surface area contributed by atoms with Crippen LogP contribution in [0.1, 0.15) is 26.7 Å². The number of halogens is 1. The number of H-pyrrole nitrogens is 1. The number of nitrogens with zero attached hydrogens (tertiary/aromatic N) is 1. The molecule has 0 aliphatic rings. The van der Waals surface area contributed by atoms with Gasteiger partial charge >= 0.3 is 0 Å². The standard InChI is InChI=1S/C17H24N4O3.ClH/c1-11(2)9-12(10-18)19-15(22)7-8-21-17(24)14-6-4-3-5-13(14)16(23)20-21;/h3-6,11-12H,7-10,18H2,1-2H3,(H,19,22)(H,20,23);1H. The van der Waals surface area contributed by atoms with Crippen LogP contribution in [0.3, 0.4) is 0 Å². The molecule has 0 spiro atoms. The molecule has 0 saturated heterocycles. The Bertz CT molecular complexity index is 828. The van der Waals surface area contributed by atoms with Crippen LogP contribution in [0.25, 0.3) is 10.8 Å². The summed E-state index contributed by atoms with van der Waals surface area (Å²) in [7, 11) is 0. The molecule has 0 aliphatic heterocycles. The number of nitrogens with one attached hydrogen (secondary N) is 2. The molecular weight excluding hydrogens is 344 g/mol. The molecule has 8 heteroatoms. The second-order valence-corrected chi connectivity index (χ2v) is 6.32. The molecule has 7 nitrogen and oxygen atoms in total. The average molecular weight is 369 g/mol. The van der Waals surface area contributed by atoms with E-state index in [2.05, 4.69) is 24.3 Å². The van der Waals surface area contributed by atoms with Gasteiger partial charge in [-0.25, -0.2) is 4.68 Å². The van der Waals surface area contributed by atoms with Gasteiger partial charge in [-0.05, 0) is 24.5 Å². The van der Waals surface area contributed by atoms with Gasteiger partial charge in [0, 0.05) is 19.0 Å². The van der Waals surface area contributed by atoms with Gasteiger partial charge in [0.1, 0.15) is 0 Å². The maximum atomic E-state index is 12.4. The van der Waals surface area contributed by atoms with Crippen molar-refractivity contribution in [3.63, 3.8) is 0 Å². The first-order valence-corrected chi connectivity index (χ1v) is 8.13. The van der Waals surface area contributed by atoms with E-state index < -0.39 is 0 Å². The average Bonchev–Trinajstić information content (AvgIpc) is 2.56. The molecule has 138 valence electrons. The Morgan fingerprint density at radius 3 is 2.48 bits per heavy atom. The van der Waals surface area contributed by atoms with E-state index in [-0.39, 0.29) is 48.4 Å². The van der Waals surface area contributed by atoms with Crippen LogP contribution in [0.2, 0.25) is 0 Å². The normalized spacial score (nSPS) is 12.0. The fourth-order valence-electron chi connectivity index (χ4n) is 2.70. The minimum atomic E-state index is -0.342. The van der Waals surface area contributed by atoms with Crippen molar-refractivity contribution in [3.05, 3.63) is 45.0 Å². The number of rotatable bonds is 7. The van der Waals surface area contributed by atoms with Crippen molar-refractivity contribution in [3.8, 4) is 0 Å². The maximum Gasteiger partial charge on any atom is 0.273 e. The van der Waals surface area contributed by atoms with Gasteiger partial charge in [-0.15, -0.1) is 12.4 Å². The highest BCUT2D eigenvalue weighted by Gasteiger charge is 2.13. The van der Waals surface area contributed by atoms with Crippen molar-refractivity contribution in [1.29, 1.82) is 0 Å². The number of fused-ring (bicyclic) bond motifs is 1. The molecule has 1 heterocycles. The lowest BCUT2D eigenvalue weighted by Crippen LogP contribution is -2.41. The van der Waals surface area contributed by atoms with Crippen molar-refractivity contribution in [2.45, 2.75) is 39.3 Å². The number of aryl methyl sites for hydroxylation is 1. The number of nitrogens with two attached hydrogens (primary N) is 1. The van der Waals surface area contributed by atoms with Gasteiger partial charge in [-0.1, -0.05) is 26.0 Å². The van der Waals surface area contributed by atoms with Gasteiger partial charge < -0.3 is 11.1 Å². The first kappa shape index (κ1) is 20.9. The Kier molecular flexibility index (Phi) is 7.86. The van der Waals surface area contributed by atoms with E-state index in [0.717, 1.165) is 6.42 Å². The number of aromatic amines is 1. The summed E-state index contributed by atoms with van der Waals surface area (Å²) in [6.45, 7) is 4.61. The third-order valence-corrected chi connectivity index (χ3v) is 3.85. The number of amides is 1. The smallest absolute Gasteiger partial charge is 0.273 e. The second kappa shape index (κ2) is 9.39. The van der Waals surface area contributed by atoms with Crippen LogP contribution in [0, 0.1) is 5.92 Å². The summed E-state index contributed by atoms with van der Waals surface area (Å²) in [4.78, 5) is 36.4. The van der Waals surface area contributed by atoms with Crippen LogP contribution in [0.4, 0.5) is 0 Å². The largest absolute Gasteiger partial charge is 0.352 e. The lowest BCUT2D eigenvalue weighted by Gasteiger charge is -2.18. The molecule has 0 radical (unpaired) electrons. The van der Waals surface area contributed by atoms with E-state index in [1.165, 1.54) is 4.68 Å². The van der Waals surface area contributed by atoms with Crippen LogP contribution in [0.5, 0.6) is 0 Å². The molecule has 1 amide bonds. The first-order valence-electron chi connectivity index (χ1n) is 8.13. The lowest BCUT2D eigenvalue weighted by atomic mass is 10.0. The van der Waals surface area contributed by atoms with Crippen molar-refractivity contribution < 1.29 is 4.79 Å². The summed E-state index contributed by atoms with van der Waals surface area (Å²) in [5.74, 6) is 0.241. The van der Waals surface area contributed by atoms with Crippen LogP contribution < -0.4 is 22.2 Å². The van der Waals surface area contributed by atoms with E-state index in [1.807, 2.05) is 0 Å². The summed E-state index contributed by atoms with van der Waals surface area (Å²) in [5.41, 5.74) is 5.01. The predicted molar refractivity (Wildman–Crippen MR) is 101 cm³/mol. The Labute approximate surface area is 152 Å². The van der Waals surface area contributed by atoms with Crippen molar-refractivity contribution in [1.82, 2.24) is 15.1 Å². The Morgan fingerprint density at radius 2 is 1.88 bits per heavy atom. The summed E-state index contributed by atoms with van der Waals surface area (Å²) in [6.07, 6.45) is 0.901. The Morgan fingerprint density at radius 1 is 1.24 bits per heavy atom.